The molecule has 1 aromatic heterocycles. The zero-order valence-corrected chi connectivity index (χ0v) is 10.6. The summed E-state index contributed by atoms with van der Waals surface area (Å²) in [5.74, 6) is 0.892. The van der Waals surface area contributed by atoms with Crippen LogP contribution in [0.15, 0.2) is 0 Å². The summed E-state index contributed by atoms with van der Waals surface area (Å²) < 4.78 is 7.58. The maximum absolute atomic E-state index is 5.71. The summed E-state index contributed by atoms with van der Waals surface area (Å²) in [5, 5.41) is 15.0. The van der Waals surface area contributed by atoms with E-state index in [0.29, 0.717) is 6.10 Å². The highest BCUT2D eigenvalue weighted by molar-refractivity contribution is 4.88. The van der Waals surface area contributed by atoms with Gasteiger partial charge in [0.1, 0.15) is 0 Å². The smallest absolute Gasteiger partial charge is 0.167 e. The van der Waals surface area contributed by atoms with E-state index in [0.717, 1.165) is 25.4 Å². The van der Waals surface area contributed by atoms with Crippen molar-refractivity contribution in [3.05, 3.63) is 5.82 Å². The molecule has 1 aliphatic heterocycles. The van der Waals surface area contributed by atoms with Crippen molar-refractivity contribution in [1.82, 2.24) is 25.5 Å². The number of hydrogen-bond donors (Lipinski definition) is 1. The number of rotatable bonds is 5. The minimum Gasteiger partial charge on any atom is -0.378 e. The number of aryl methyl sites for hydroxylation is 1. The molecule has 6 nitrogen and oxygen atoms in total. The van der Waals surface area contributed by atoms with Gasteiger partial charge < -0.3 is 10.1 Å². The van der Waals surface area contributed by atoms with Crippen LogP contribution < -0.4 is 5.32 Å². The summed E-state index contributed by atoms with van der Waals surface area (Å²) in [6.07, 6.45) is 5.02. The highest BCUT2D eigenvalue weighted by Gasteiger charge is 2.17. The van der Waals surface area contributed by atoms with Gasteiger partial charge in [0.25, 0.3) is 0 Å². The van der Waals surface area contributed by atoms with E-state index in [2.05, 4.69) is 27.8 Å². The maximum Gasteiger partial charge on any atom is 0.167 e. The van der Waals surface area contributed by atoms with Crippen LogP contribution in [0.5, 0.6) is 0 Å². The standard InChI is InChI=1S/C11H21N5O/c1-9(12-2)11-13-14-15-16(11)7-6-10-5-3-4-8-17-10/h9-10,12H,3-8H2,1-2H3. The molecule has 2 unspecified atom stereocenters. The Hall–Kier alpha value is -1.01. The van der Waals surface area contributed by atoms with Gasteiger partial charge >= 0.3 is 0 Å². The summed E-state index contributed by atoms with van der Waals surface area (Å²) >= 11 is 0. The summed E-state index contributed by atoms with van der Waals surface area (Å²) in [5.41, 5.74) is 0. The van der Waals surface area contributed by atoms with Gasteiger partial charge in [-0.2, -0.15) is 0 Å². The van der Waals surface area contributed by atoms with Gasteiger partial charge in [-0.25, -0.2) is 4.68 Å². The van der Waals surface area contributed by atoms with Crippen LogP contribution in [-0.4, -0.2) is 40.0 Å². The molecule has 0 amide bonds. The summed E-state index contributed by atoms with van der Waals surface area (Å²) in [7, 11) is 1.91. The lowest BCUT2D eigenvalue weighted by Crippen LogP contribution is -2.23. The van der Waals surface area contributed by atoms with Crippen molar-refractivity contribution in [1.29, 1.82) is 0 Å². The summed E-state index contributed by atoms with van der Waals surface area (Å²) in [6, 6.07) is 0.178. The third kappa shape index (κ3) is 3.23. The molecule has 0 aromatic carbocycles. The van der Waals surface area contributed by atoms with Crippen molar-refractivity contribution in [3.8, 4) is 0 Å². The van der Waals surface area contributed by atoms with Crippen LogP contribution in [0.25, 0.3) is 0 Å². The normalized spacial score (nSPS) is 22.6. The highest BCUT2D eigenvalue weighted by Crippen LogP contribution is 2.17. The fraction of sp³-hybridized carbons (Fsp3) is 0.909. The Morgan fingerprint density at radius 2 is 2.41 bits per heavy atom. The Morgan fingerprint density at radius 3 is 3.12 bits per heavy atom. The lowest BCUT2D eigenvalue weighted by Gasteiger charge is -2.22. The van der Waals surface area contributed by atoms with E-state index >= 15 is 0 Å². The number of hydrogen-bond acceptors (Lipinski definition) is 5. The molecule has 1 saturated heterocycles. The van der Waals surface area contributed by atoms with E-state index in [4.69, 9.17) is 4.74 Å². The molecule has 0 bridgehead atoms. The van der Waals surface area contributed by atoms with Gasteiger partial charge in [0.15, 0.2) is 5.82 Å². The Labute approximate surface area is 102 Å². The molecule has 1 fully saturated rings. The molecule has 2 atom stereocenters. The summed E-state index contributed by atoms with van der Waals surface area (Å²) in [4.78, 5) is 0. The Kier molecular flexibility index (Phi) is 4.44. The van der Waals surface area contributed by atoms with Crippen molar-refractivity contribution in [2.75, 3.05) is 13.7 Å². The van der Waals surface area contributed by atoms with Gasteiger partial charge in [-0.05, 0) is 50.1 Å². The van der Waals surface area contributed by atoms with Crippen LogP contribution in [0.3, 0.4) is 0 Å². The van der Waals surface area contributed by atoms with Crippen molar-refractivity contribution in [2.24, 2.45) is 0 Å². The molecule has 1 N–H and O–H groups in total. The summed E-state index contributed by atoms with van der Waals surface area (Å²) in [6.45, 7) is 3.79. The quantitative estimate of drug-likeness (QED) is 0.827. The number of ether oxygens (including phenoxy) is 1. The zero-order valence-electron chi connectivity index (χ0n) is 10.6. The molecule has 0 radical (unpaired) electrons. The van der Waals surface area contributed by atoms with Gasteiger partial charge in [-0.15, -0.1) is 5.10 Å². The van der Waals surface area contributed by atoms with Crippen LogP contribution >= 0.6 is 0 Å². The molecule has 96 valence electrons. The van der Waals surface area contributed by atoms with Crippen LogP contribution in [0.2, 0.25) is 0 Å². The average molecular weight is 239 g/mol. The number of nitrogens with zero attached hydrogens (tertiary/aromatic N) is 4. The first-order valence-corrected chi connectivity index (χ1v) is 6.36. The molecular formula is C11H21N5O. The van der Waals surface area contributed by atoms with Gasteiger partial charge in [0.05, 0.1) is 12.1 Å². The second kappa shape index (κ2) is 6.07. The fourth-order valence-corrected chi connectivity index (χ4v) is 2.11. The third-order valence-electron chi connectivity index (χ3n) is 3.32. The number of aromatic nitrogens is 4. The first-order valence-electron chi connectivity index (χ1n) is 6.36. The SMILES string of the molecule is CNC(C)c1nnnn1CCC1CCCCO1. The van der Waals surface area contributed by atoms with Crippen LogP contribution in [-0.2, 0) is 11.3 Å². The van der Waals surface area contributed by atoms with Gasteiger partial charge in [-0.1, -0.05) is 0 Å². The van der Waals surface area contributed by atoms with Crippen molar-refractivity contribution < 1.29 is 4.74 Å². The number of nitrogens with one attached hydrogen (secondary N) is 1. The molecular weight excluding hydrogens is 218 g/mol. The topological polar surface area (TPSA) is 64.9 Å². The molecule has 0 spiro atoms. The van der Waals surface area contributed by atoms with E-state index in [1.54, 1.807) is 0 Å². The Bertz CT molecular complexity index is 334. The highest BCUT2D eigenvalue weighted by atomic mass is 16.5. The predicted molar refractivity (Wildman–Crippen MR) is 63.5 cm³/mol. The first kappa shape index (κ1) is 12.4. The number of tetrazole rings is 1. The van der Waals surface area contributed by atoms with E-state index < -0.39 is 0 Å². The minimum absolute atomic E-state index is 0.178. The minimum atomic E-state index is 0.178. The monoisotopic (exact) mass is 239 g/mol. The van der Waals surface area contributed by atoms with Crippen molar-refractivity contribution in [3.63, 3.8) is 0 Å². The fourth-order valence-electron chi connectivity index (χ4n) is 2.11. The van der Waals surface area contributed by atoms with E-state index in [1.165, 1.54) is 19.3 Å². The largest absolute Gasteiger partial charge is 0.378 e. The van der Waals surface area contributed by atoms with E-state index in [1.807, 2.05) is 11.7 Å². The molecule has 17 heavy (non-hydrogen) atoms. The third-order valence-corrected chi connectivity index (χ3v) is 3.32. The second-order valence-corrected chi connectivity index (χ2v) is 4.55. The molecule has 0 aliphatic carbocycles. The van der Waals surface area contributed by atoms with Gasteiger partial charge in [0, 0.05) is 13.2 Å². The van der Waals surface area contributed by atoms with Crippen LogP contribution in [0, 0.1) is 0 Å². The first-order chi connectivity index (χ1) is 8.31. The zero-order chi connectivity index (χ0) is 12.1. The van der Waals surface area contributed by atoms with Crippen molar-refractivity contribution >= 4 is 0 Å². The lowest BCUT2D eigenvalue weighted by molar-refractivity contribution is 0.00802. The van der Waals surface area contributed by atoms with Crippen LogP contribution in [0.1, 0.15) is 44.5 Å². The molecule has 2 rings (SSSR count). The van der Waals surface area contributed by atoms with Gasteiger partial charge in [-0.3, -0.25) is 0 Å². The predicted octanol–water partition coefficient (Wildman–Crippen LogP) is 0.913. The molecule has 0 saturated carbocycles. The average Bonchev–Trinajstić information content (AvgIpc) is 2.85. The van der Waals surface area contributed by atoms with E-state index in [9.17, 15) is 0 Å². The van der Waals surface area contributed by atoms with E-state index in [-0.39, 0.29) is 6.04 Å². The van der Waals surface area contributed by atoms with Crippen molar-refractivity contribution in [2.45, 2.75) is 51.3 Å². The Balaban J connectivity index is 1.87. The molecule has 1 aliphatic rings. The van der Waals surface area contributed by atoms with Crippen LogP contribution in [0.4, 0.5) is 0 Å². The molecule has 1 aromatic rings. The lowest BCUT2D eigenvalue weighted by atomic mass is 10.1. The van der Waals surface area contributed by atoms with Gasteiger partial charge in [0.2, 0.25) is 0 Å². The molecule has 2 heterocycles. The Morgan fingerprint density at radius 1 is 1.53 bits per heavy atom. The molecule has 6 heteroatoms. The second-order valence-electron chi connectivity index (χ2n) is 4.55. The maximum atomic E-state index is 5.71.